The zero-order valence-corrected chi connectivity index (χ0v) is 11.7. The molecule has 0 spiro atoms. The molecule has 0 radical (unpaired) electrons. The summed E-state index contributed by atoms with van der Waals surface area (Å²) < 4.78 is 10.0. The van der Waals surface area contributed by atoms with E-state index in [0.29, 0.717) is 13.2 Å². The Balaban J connectivity index is 1.83. The maximum atomic E-state index is 11.7. The van der Waals surface area contributed by atoms with Gasteiger partial charge >= 0.3 is 0 Å². The summed E-state index contributed by atoms with van der Waals surface area (Å²) in [4.78, 5) is 11.7. The fourth-order valence-corrected chi connectivity index (χ4v) is 2.47. The van der Waals surface area contributed by atoms with Gasteiger partial charge < -0.3 is 14.8 Å². The Morgan fingerprint density at radius 2 is 2.32 bits per heavy atom. The van der Waals surface area contributed by atoms with E-state index in [0.717, 1.165) is 23.4 Å². The molecule has 0 fully saturated rings. The van der Waals surface area contributed by atoms with Gasteiger partial charge in [0.1, 0.15) is 6.61 Å². The molecule has 0 aliphatic heterocycles. The van der Waals surface area contributed by atoms with Gasteiger partial charge in [0, 0.05) is 12.1 Å². The highest BCUT2D eigenvalue weighted by molar-refractivity contribution is 6.30. The maximum Gasteiger partial charge on any atom is 0.246 e. The lowest BCUT2D eigenvalue weighted by molar-refractivity contribution is -0.126. The standard InChI is InChI=1S/C14H18ClNO3/c1-18-6-7-19-9-14(17)16-13-5-2-10-8-11(15)3-4-12(10)13/h3-4,8,13H,2,5-7,9H2,1H3,(H,16,17). The van der Waals surface area contributed by atoms with Crippen molar-refractivity contribution in [3.63, 3.8) is 0 Å². The molecule has 1 aromatic rings. The van der Waals surface area contributed by atoms with E-state index in [-0.39, 0.29) is 18.6 Å². The lowest BCUT2D eigenvalue weighted by Gasteiger charge is -2.14. The van der Waals surface area contributed by atoms with Gasteiger partial charge in [-0.25, -0.2) is 0 Å². The van der Waals surface area contributed by atoms with Gasteiger partial charge in [-0.05, 0) is 36.1 Å². The van der Waals surface area contributed by atoms with Crippen LogP contribution in [0, 0.1) is 0 Å². The maximum absolute atomic E-state index is 11.7. The van der Waals surface area contributed by atoms with Crippen molar-refractivity contribution in [1.29, 1.82) is 0 Å². The second-order valence-electron chi connectivity index (χ2n) is 4.55. The Bertz CT molecular complexity index is 450. The predicted octanol–water partition coefficient (Wildman–Crippen LogP) is 2.11. The highest BCUT2D eigenvalue weighted by Crippen LogP contribution is 2.32. The third kappa shape index (κ3) is 3.93. The van der Waals surface area contributed by atoms with E-state index >= 15 is 0 Å². The first kappa shape index (κ1) is 14.3. The minimum Gasteiger partial charge on any atom is -0.382 e. The third-order valence-electron chi connectivity index (χ3n) is 3.18. The fraction of sp³-hybridized carbons (Fsp3) is 0.500. The van der Waals surface area contributed by atoms with Gasteiger partial charge in [-0.1, -0.05) is 17.7 Å². The molecule has 2 rings (SSSR count). The van der Waals surface area contributed by atoms with Crippen molar-refractivity contribution >= 4 is 17.5 Å². The Morgan fingerprint density at radius 3 is 3.11 bits per heavy atom. The summed E-state index contributed by atoms with van der Waals surface area (Å²) in [6, 6.07) is 5.89. The molecular weight excluding hydrogens is 266 g/mol. The molecule has 0 aromatic heterocycles. The first-order valence-electron chi connectivity index (χ1n) is 6.35. The van der Waals surface area contributed by atoms with Crippen LogP contribution in [0.15, 0.2) is 18.2 Å². The number of hydrogen-bond donors (Lipinski definition) is 1. The van der Waals surface area contributed by atoms with Crippen molar-refractivity contribution in [3.05, 3.63) is 34.3 Å². The van der Waals surface area contributed by atoms with Crippen molar-refractivity contribution in [2.45, 2.75) is 18.9 Å². The summed E-state index contributed by atoms with van der Waals surface area (Å²) in [6.07, 6.45) is 1.87. The van der Waals surface area contributed by atoms with Crippen LogP contribution in [-0.2, 0) is 20.7 Å². The van der Waals surface area contributed by atoms with E-state index in [4.69, 9.17) is 21.1 Å². The largest absolute Gasteiger partial charge is 0.382 e. The quantitative estimate of drug-likeness (QED) is 0.814. The SMILES string of the molecule is COCCOCC(=O)NC1CCc2cc(Cl)ccc21. The fourth-order valence-electron chi connectivity index (χ4n) is 2.28. The van der Waals surface area contributed by atoms with Crippen molar-refractivity contribution in [2.75, 3.05) is 26.9 Å². The molecule has 19 heavy (non-hydrogen) atoms. The number of benzene rings is 1. The number of nitrogens with one attached hydrogen (secondary N) is 1. The van der Waals surface area contributed by atoms with E-state index in [9.17, 15) is 4.79 Å². The molecular formula is C14H18ClNO3. The number of carbonyl (C=O) groups excluding carboxylic acids is 1. The molecule has 1 aliphatic carbocycles. The summed E-state index contributed by atoms with van der Waals surface area (Å²) in [5, 5.41) is 3.73. The van der Waals surface area contributed by atoms with Gasteiger partial charge in [0.15, 0.2) is 0 Å². The third-order valence-corrected chi connectivity index (χ3v) is 3.42. The normalized spacial score (nSPS) is 17.3. The Hall–Kier alpha value is -1.10. The molecule has 1 unspecified atom stereocenters. The van der Waals surface area contributed by atoms with E-state index in [1.807, 2.05) is 18.2 Å². The highest BCUT2D eigenvalue weighted by atomic mass is 35.5. The van der Waals surface area contributed by atoms with Crippen LogP contribution in [-0.4, -0.2) is 32.8 Å². The molecule has 104 valence electrons. The van der Waals surface area contributed by atoms with Crippen molar-refractivity contribution in [2.24, 2.45) is 0 Å². The number of rotatable bonds is 6. The molecule has 0 saturated carbocycles. The molecule has 0 bridgehead atoms. The first-order valence-corrected chi connectivity index (χ1v) is 6.73. The minimum atomic E-state index is -0.0936. The van der Waals surface area contributed by atoms with Crippen LogP contribution in [0.2, 0.25) is 5.02 Å². The van der Waals surface area contributed by atoms with Crippen LogP contribution in [0.1, 0.15) is 23.6 Å². The average Bonchev–Trinajstić information content (AvgIpc) is 2.77. The van der Waals surface area contributed by atoms with Gasteiger partial charge in [-0.2, -0.15) is 0 Å². The Labute approximate surface area is 118 Å². The van der Waals surface area contributed by atoms with E-state index in [1.54, 1.807) is 7.11 Å². The first-order chi connectivity index (χ1) is 9.20. The zero-order valence-electron chi connectivity index (χ0n) is 10.9. The lowest BCUT2D eigenvalue weighted by Crippen LogP contribution is -2.31. The van der Waals surface area contributed by atoms with E-state index < -0.39 is 0 Å². The zero-order chi connectivity index (χ0) is 13.7. The molecule has 4 nitrogen and oxygen atoms in total. The van der Waals surface area contributed by atoms with Crippen molar-refractivity contribution in [1.82, 2.24) is 5.32 Å². The van der Waals surface area contributed by atoms with Gasteiger partial charge in [-0.15, -0.1) is 0 Å². The number of aryl methyl sites for hydroxylation is 1. The minimum absolute atomic E-state index is 0.0722. The Morgan fingerprint density at radius 1 is 1.47 bits per heavy atom. The predicted molar refractivity (Wildman–Crippen MR) is 73.4 cm³/mol. The number of hydrogen-bond acceptors (Lipinski definition) is 3. The summed E-state index contributed by atoms with van der Waals surface area (Å²) in [5.74, 6) is -0.0936. The smallest absolute Gasteiger partial charge is 0.246 e. The molecule has 1 atom stereocenters. The number of amides is 1. The van der Waals surface area contributed by atoms with Gasteiger partial charge in [0.25, 0.3) is 0 Å². The van der Waals surface area contributed by atoms with Gasteiger partial charge in [0.05, 0.1) is 19.3 Å². The molecule has 1 aliphatic rings. The number of fused-ring (bicyclic) bond motifs is 1. The van der Waals surface area contributed by atoms with Gasteiger partial charge in [0.2, 0.25) is 5.91 Å². The number of halogens is 1. The van der Waals surface area contributed by atoms with Crippen LogP contribution in [0.5, 0.6) is 0 Å². The van der Waals surface area contributed by atoms with Crippen LogP contribution in [0.25, 0.3) is 0 Å². The summed E-state index contributed by atoms with van der Waals surface area (Å²) in [5.41, 5.74) is 2.38. The molecule has 1 amide bonds. The number of carbonyl (C=O) groups is 1. The molecule has 5 heteroatoms. The molecule has 0 saturated heterocycles. The summed E-state index contributed by atoms with van der Waals surface area (Å²) in [7, 11) is 1.60. The summed E-state index contributed by atoms with van der Waals surface area (Å²) in [6.45, 7) is 1.00. The molecule has 0 heterocycles. The second kappa shape index (κ2) is 6.89. The topological polar surface area (TPSA) is 47.6 Å². The van der Waals surface area contributed by atoms with Crippen LogP contribution in [0.4, 0.5) is 0 Å². The van der Waals surface area contributed by atoms with Crippen LogP contribution >= 0.6 is 11.6 Å². The van der Waals surface area contributed by atoms with E-state index in [2.05, 4.69) is 5.32 Å². The summed E-state index contributed by atoms with van der Waals surface area (Å²) >= 11 is 5.96. The molecule has 1 aromatic carbocycles. The lowest BCUT2D eigenvalue weighted by atomic mass is 10.1. The average molecular weight is 284 g/mol. The second-order valence-corrected chi connectivity index (χ2v) is 4.98. The number of methoxy groups -OCH3 is 1. The number of ether oxygens (including phenoxy) is 2. The van der Waals surface area contributed by atoms with Crippen LogP contribution < -0.4 is 5.32 Å². The van der Waals surface area contributed by atoms with Crippen molar-refractivity contribution in [3.8, 4) is 0 Å². The van der Waals surface area contributed by atoms with E-state index in [1.165, 1.54) is 5.56 Å². The Kier molecular flexibility index (Phi) is 5.19. The molecule has 1 N–H and O–H groups in total. The highest BCUT2D eigenvalue weighted by Gasteiger charge is 2.23. The van der Waals surface area contributed by atoms with Gasteiger partial charge in [-0.3, -0.25) is 4.79 Å². The monoisotopic (exact) mass is 283 g/mol. The van der Waals surface area contributed by atoms with Crippen LogP contribution in [0.3, 0.4) is 0 Å². The van der Waals surface area contributed by atoms with Crippen molar-refractivity contribution < 1.29 is 14.3 Å².